The summed E-state index contributed by atoms with van der Waals surface area (Å²) in [4.78, 5) is 4.10. The van der Waals surface area contributed by atoms with Crippen LogP contribution in [0.4, 0.5) is 5.82 Å². The molecule has 0 saturated heterocycles. The van der Waals surface area contributed by atoms with Gasteiger partial charge in [-0.15, -0.1) is 0 Å². The minimum Gasteiger partial charge on any atom is -0.491 e. The number of nitrogens with two attached hydrogens (primary N) is 1. The number of hydrogen-bond donors (Lipinski definition) is 1. The zero-order chi connectivity index (χ0) is 11.5. The zero-order valence-electron chi connectivity index (χ0n) is 9.04. The van der Waals surface area contributed by atoms with Gasteiger partial charge in [0.05, 0.1) is 26.1 Å². The second-order valence-corrected chi connectivity index (χ2v) is 3.09. The first-order valence-corrected chi connectivity index (χ1v) is 4.64. The van der Waals surface area contributed by atoms with Crippen molar-refractivity contribution in [1.82, 2.24) is 14.8 Å². The lowest BCUT2D eigenvalue weighted by atomic mass is 10.4. The summed E-state index contributed by atoms with van der Waals surface area (Å²) in [5.41, 5.74) is 6.29. The number of rotatable bonds is 3. The molecule has 16 heavy (non-hydrogen) atoms. The molecule has 0 amide bonds. The Balaban J connectivity index is 2.43. The molecule has 2 heterocycles. The van der Waals surface area contributed by atoms with E-state index in [9.17, 15) is 0 Å². The molecule has 0 atom stereocenters. The van der Waals surface area contributed by atoms with E-state index in [0.29, 0.717) is 17.4 Å². The van der Waals surface area contributed by atoms with Gasteiger partial charge in [-0.3, -0.25) is 0 Å². The fraction of sp³-hybridized carbons (Fsp3) is 0.200. The van der Waals surface area contributed by atoms with Crippen LogP contribution in [0, 0.1) is 0 Å². The average Bonchev–Trinajstić information content (AvgIpc) is 2.75. The van der Waals surface area contributed by atoms with Gasteiger partial charge in [0.25, 0.3) is 5.88 Å². The molecule has 0 aliphatic rings. The minimum atomic E-state index is 0.436. The number of aromatic nitrogens is 3. The van der Waals surface area contributed by atoms with E-state index in [1.807, 2.05) is 0 Å². The van der Waals surface area contributed by atoms with Crippen LogP contribution in [0.1, 0.15) is 0 Å². The topological polar surface area (TPSA) is 75.2 Å². The van der Waals surface area contributed by atoms with Crippen LogP contribution in [0.3, 0.4) is 0 Å². The van der Waals surface area contributed by atoms with Gasteiger partial charge in [0, 0.05) is 18.3 Å². The van der Waals surface area contributed by atoms with Crippen LogP contribution in [-0.2, 0) is 0 Å². The molecule has 0 radical (unpaired) electrons. The van der Waals surface area contributed by atoms with E-state index in [4.69, 9.17) is 15.2 Å². The van der Waals surface area contributed by atoms with Gasteiger partial charge in [0.1, 0.15) is 5.82 Å². The third kappa shape index (κ3) is 1.77. The molecule has 6 heteroatoms. The standard InChI is InChI=1S/C10H12N4O2/c1-15-8-5-7(6-12-10(8)16-2)14-4-3-9(11)13-14/h3-6H,1-2H3,(H2,11,13). The fourth-order valence-corrected chi connectivity index (χ4v) is 1.33. The molecule has 0 spiro atoms. The van der Waals surface area contributed by atoms with Gasteiger partial charge >= 0.3 is 0 Å². The first-order chi connectivity index (χ1) is 7.74. The molecule has 2 aromatic heterocycles. The molecule has 0 fully saturated rings. The van der Waals surface area contributed by atoms with Gasteiger partial charge in [-0.05, 0) is 0 Å². The van der Waals surface area contributed by atoms with Crippen molar-refractivity contribution in [2.45, 2.75) is 0 Å². The SMILES string of the molecule is COc1cc(-n2ccc(N)n2)cnc1OC. The van der Waals surface area contributed by atoms with Crippen LogP contribution in [0.5, 0.6) is 11.6 Å². The number of ether oxygens (including phenoxy) is 2. The van der Waals surface area contributed by atoms with Gasteiger partial charge in [0.15, 0.2) is 5.75 Å². The van der Waals surface area contributed by atoms with Crippen molar-refractivity contribution >= 4 is 5.82 Å². The summed E-state index contributed by atoms with van der Waals surface area (Å²) >= 11 is 0. The molecule has 2 aromatic rings. The lowest BCUT2D eigenvalue weighted by Gasteiger charge is -2.08. The highest BCUT2D eigenvalue weighted by Crippen LogP contribution is 2.25. The quantitative estimate of drug-likeness (QED) is 0.830. The highest BCUT2D eigenvalue weighted by molar-refractivity contribution is 5.43. The highest BCUT2D eigenvalue weighted by Gasteiger charge is 2.07. The molecular formula is C10H12N4O2. The molecule has 0 aromatic carbocycles. The Labute approximate surface area is 92.6 Å². The number of hydrogen-bond acceptors (Lipinski definition) is 5. The summed E-state index contributed by atoms with van der Waals surface area (Å²) in [5.74, 6) is 1.44. The monoisotopic (exact) mass is 220 g/mol. The van der Waals surface area contributed by atoms with E-state index in [0.717, 1.165) is 5.69 Å². The van der Waals surface area contributed by atoms with Gasteiger partial charge in [0.2, 0.25) is 0 Å². The largest absolute Gasteiger partial charge is 0.491 e. The highest BCUT2D eigenvalue weighted by atomic mass is 16.5. The molecule has 2 rings (SSSR count). The van der Waals surface area contributed by atoms with Crippen molar-refractivity contribution in [3.8, 4) is 17.3 Å². The molecule has 0 aliphatic heterocycles. The molecule has 6 nitrogen and oxygen atoms in total. The predicted molar refractivity (Wildman–Crippen MR) is 58.9 cm³/mol. The second kappa shape index (κ2) is 4.09. The van der Waals surface area contributed by atoms with Crippen LogP contribution in [0.25, 0.3) is 5.69 Å². The predicted octanol–water partition coefficient (Wildman–Crippen LogP) is 0.867. The summed E-state index contributed by atoms with van der Waals surface area (Å²) in [5, 5.41) is 4.07. The number of nitrogens with zero attached hydrogens (tertiary/aromatic N) is 3. The first kappa shape index (κ1) is 10.3. The Morgan fingerprint density at radius 1 is 1.31 bits per heavy atom. The summed E-state index contributed by atoms with van der Waals surface area (Å²) in [6.07, 6.45) is 3.38. The van der Waals surface area contributed by atoms with E-state index >= 15 is 0 Å². The Hall–Kier alpha value is -2.24. The van der Waals surface area contributed by atoms with Crippen molar-refractivity contribution in [3.63, 3.8) is 0 Å². The molecule has 0 saturated carbocycles. The number of nitrogen functional groups attached to an aromatic ring is 1. The smallest absolute Gasteiger partial charge is 0.256 e. The Bertz CT molecular complexity index is 495. The van der Waals surface area contributed by atoms with Crippen LogP contribution in [0.2, 0.25) is 0 Å². The number of pyridine rings is 1. The van der Waals surface area contributed by atoms with Crippen LogP contribution in [-0.4, -0.2) is 29.0 Å². The van der Waals surface area contributed by atoms with Crippen LogP contribution < -0.4 is 15.2 Å². The third-order valence-corrected chi connectivity index (χ3v) is 2.09. The van der Waals surface area contributed by atoms with Crippen molar-refractivity contribution in [3.05, 3.63) is 24.5 Å². The lowest BCUT2D eigenvalue weighted by Crippen LogP contribution is -2.00. The van der Waals surface area contributed by atoms with E-state index < -0.39 is 0 Å². The van der Waals surface area contributed by atoms with Gasteiger partial charge in [-0.1, -0.05) is 0 Å². The number of methoxy groups -OCH3 is 2. The zero-order valence-corrected chi connectivity index (χ0v) is 9.04. The summed E-state index contributed by atoms with van der Waals surface area (Å²) in [6.45, 7) is 0. The Morgan fingerprint density at radius 2 is 2.12 bits per heavy atom. The maximum absolute atomic E-state index is 5.53. The minimum absolute atomic E-state index is 0.436. The fourth-order valence-electron chi connectivity index (χ4n) is 1.33. The summed E-state index contributed by atoms with van der Waals surface area (Å²) in [6, 6.07) is 3.48. The Morgan fingerprint density at radius 3 is 2.69 bits per heavy atom. The van der Waals surface area contributed by atoms with Gasteiger partial charge in [-0.25, -0.2) is 9.67 Å². The van der Waals surface area contributed by atoms with Gasteiger partial charge < -0.3 is 15.2 Å². The molecule has 0 bridgehead atoms. The maximum Gasteiger partial charge on any atom is 0.256 e. The average molecular weight is 220 g/mol. The second-order valence-electron chi connectivity index (χ2n) is 3.09. The summed E-state index contributed by atoms with van der Waals surface area (Å²) in [7, 11) is 3.09. The van der Waals surface area contributed by atoms with Crippen LogP contribution >= 0.6 is 0 Å². The molecular weight excluding hydrogens is 208 g/mol. The van der Waals surface area contributed by atoms with Crippen molar-refractivity contribution in [2.75, 3.05) is 20.0 Å². The molecule has 0 unspecified atom stereocenters. The van der Waals surface area contributed by atoms with E-state index in [2.05, 4.69) is 10.1 Å². The van der Waals surface area contributed by atoms with E-state index in [-0.39, 0.29) is 0 Å². The van der Waals surface area contributed by atoms with Crippen molar-refractivity contribution in [2.24, 2.45) is 0 Å². The van der Waals surface area contributed by atoms with Crippen molar-refractivity contribution < 1.29 is 9.47 Å². The summed E-state index contributed by atoms with van der Waals surface area (Å²) < 4.78 is 11.8. The van der Waals surface area contributed by atoms with Gasteiger partial charge in [-0.2, -0.15) is 5.10 Å². The lowest BCUT2D eigenvalue weighted by molar-refractivity contribution is 0.342. The molecule has 0 aliphatic carbocycles. The first-order valence-electron chi connectivity index (χ1n) is 4.64. The third-order valence-electron chi connectivity index (χ3n) is 2.09. The molecule has 2 N–H and O–H groups in total. The molecule has 84 valence electrons. The Kier molecular flexibility index (Phi) is 2.63. The maximum atomic E-state index is 5.53. The normalized spacial score (nSPS) is 10.1. The van der Waals surface area contributed by atoms with E-state index in [1.54, 1.807) is 36.3 Å². The van der Waals surface area contributed by atoms with E-state index in [1.165, 1.54) is 7.11 Å². The number of anilines is 1. The van der Waals surface area contributed by atoms with Crippen LogP contribution in [0.15, 0.2) is 24.5 Å². The van der Waals surface area contributed by atoms with Crippen molar-refractivity contribution in [1.29, 1.82) is 0 Å².